The normalized spacial score (nSPS) is 23.0. The fraction of sp³-hybridized carbons (Fsp3) is 0.375. The van der Waals surface area contributed by atoms with Crippen molar-refractivity contribution in [2.24, 2.45) is 5.10 Å². The molecule has 3 heteroatoms. The number of hydrogen-bond acceptors (Lipinski definition) is 3. The molecule has 0 fully saturated rings. The van der Waals surface area contributed by atoms with E-state index >= 15 is 0 Å². The standard InChI is InChI=1S/C8H10N2O/c1-6-5-7(10-9-6)8-3-2-4-11-8/h2-4,7,10H,5H2,1H3/t7-/m0/s1. The van der Waals surface area contributed by atoms with E-state index in [-0.39, 0.29) is 6.04 Å². The molecule has 1 N–H and O–H groups in total. The minimum absolute atomic E-state index is 0.255. The Bertz CT molecular complexity index is 264. The van der Waals surface area contributed by atoms with E-state index in [0.717, 1.165) is 17.9 Å². The molecule has 1 atom stereocenters. The molecule has 0 radical (unpaired) electrons. The summed E-state index contributed by atoms with van der Waals surface area (Å²) in [5.41, 5.74) is 4.13. The van der Waals surface area contributed by atoms with Crippen LogP contribution >= 0.6 is 0 Å². The molecule has 11 heavy (non-hydrogen) atoms. The zero-order valence-corrected chi connectivity index (χ0v) is 6.37. The number of rotatable bonds is 1. The fourth-order valence-electron chi connectivity index (χ4n) is 1.23. The van der Waals surface area contributed by atoms with Crippen molar-refractivity contribution in [3.8, 4) is 0 Å². The molecule has 58 valence electrons. The monoisotopic (exact) mass is 150 g/mol. The molecule has 0 unspecified atom stereocenters. The van der Waals surface area contributed by atoms with Crippen LogP contribution < -0.4 is 5.43 Å². The van der Waals surface area contributed by atoms with E-state index < -0.39 is 0 Å². The predicted molar refractivity (Wildman–Crippen MR) is 42.3 cm³/mol. The lowest BCUT2D eigenvalue weighted by atomic mass is 10.1. The summed E-state index contributed by atoms with van der Waals surface area (Å²) >= 11 is 0. The molecule has 1 aromatic rings. The first-order valence-electron chi connectivity index (χ1n) is 3.68. The average molecular weight is 150 g/mol. The van der Waals surface area contributed by atoms with Gasteiger partial charge >= 0.3 is 0 Å². The molecular weight excluding hydrogens is 140 g/mol. The lowest BCUT2D eigenvalue weighted by Gasteiger charge is -2.03. The summed E-state index contributed by atoms with van der Waals surface area (Å²) in [6.07, 6.45) is 2.64. The quantitative estimate of drug-likeness (QED) is 0.661. The van der Waals surface area contributed by atoms with E-state index in [2.05, 4.69) is 10.5 Å². The maximum absolute atomic E-state index is 5.23. The molecule has 2 heterocycles. The van der Waals surface area contributed by atoms with Crippen LogP contribution in [0, 0.1) is 0 Å². The molecule has 0 saturated carbocycles. The van der Waals surface area contributed by atoms with Gasteiger partial charge in [0, 0.05) is 12.1 Å². The smallest absolute Gasteiger partial charge is 0.128 e. The van der Waals surface area contributed by atoms with Gasteiger partial charge < -0.3 is 4.42 Å². The molecule has 2 rings (SSSR count). The van der Waals surface area contributed by atoms with Crippen molar-refractivity contribution in [3.63, 3.8) is 0 Å². The first kappa shape index (κ1) is 6.46. The van der Waals surface area contributed by atoms with Gasteiger partial charge in [0.2, 0.25) is 0 Å². The predicted octanol–water partition coefficient (Wildman–Crippen LogP) is 1.69. The molecule has 0 bridgehead atoms. The van der Waals surface area contributed by atoms with Crippen molar-refractivity contribution in [1.29, 1.82) is 0 Å². The molecule has 0 amide bonds. The zero-order chi connectivity index (χ0) is 7.68. The SMILES string of the molecule is CC1=NN[C@H](c2ccco2)C1. The first-order valence-corrected chi connectivity index (χ1v) is 3.68. The van der Waals surface area contributed by atoms with Crippen molar-refractivity contribution in [2.75, 3.05) is 0 Å². The van der Waals surface area contributed by atoms with Crippen molar-refractivity contribution >= 4 is 5.71 Å². The Morgan fingerprint density at radius 3 is 3.18 bits per heavy atom. The van der Waals surface area contributed by atoms with Crippen molar-refractivity contribution in [2.45, 2.75) is 19.4 Å². The van der Waals surface area contributed by atoms with Gasteiger partial charge in [-0.1, -0.05) is 0 Å². The molecule has 0 spiro atoms. The highest BCUT2D eigenvalue weighted by Crippen LogP contribution is 2.21. The van der Waals surface area contributed by atoms with Crippen LogP contribution in [0.25, 0.3) is 0 Å². The van der Waals surface area contributed by atoms with Crippen LogP contribution in [0.4, 0.5) is 0 Å². The van der Waals surface area contributed by atoms with E-state index in [4.69, 9.17) is 4.42 Å². The molecule has 0 saturated heterocycles. The zero-order valence-electron chi connectivity index (χ0n) is 6.37. The second-order valence-corrected chi connectivity index (χ2v) is 2.75. The van der Waals surface area contributed by atoms with Gasteiger partial charge in [0.25, 0.3) is 0 Å². The number of furan rings is 1. The summed E-state index contributed by atoms with van der Waals surface area (Å²) < 4.78 is 5.23. The van der Waals surface area contributed by atoms with Gasteiger partial charge in [-0.25, -0.2) is 0 Å². The lowest BCUT2D eigenvalue weighted by Crippen LogP contribution is -2.08. The van der Waals surface area contributed by atoms with Crippen LogP contribution in [-0.4, -0.2) is 5.71 Å². The molecular formula is C8H10N2O. The largest absolute Gasteiger partial charge is 0.467 e. The van der Waals surface area contributed by atoms with E-state index in [0.29, 0.717) is 0 Å². The van der Waals surface area contributed by atoms with Gasteiger partial charge in [0.1, 0.15) is 11.8 Å². The Morgan fingerprint density at radius 1 is 1.73 bits per heavy atom. The minimum Gasteiger partial charge on any atom is -0.467 e. The number of hydrogen-bond donors (Lipinski definition) is 1. The Kier molecular flexibility index (Phi) is 1.42. The fourth-order valence-corrected chi connectivity index (χ4v) is 1.23. The first-order chi connectivity index (χ1) is 5.36. The molecule has 3 nitrogen and oxygen atoms in total. The van der Waals surface area contributed by atoms with Gasteiger partial charge in [0.05, 0.1) is 6.26 Å². The lowest BCUT2D eigenvalue weighted by molar-refractivity contribution is 0.440. The van der Waals surface area contributed by atoms with Crippen LogP contribution in [-0.2, 0) is 0 Å². The number of nitrogens with zero attached hydrogens (tertiary/aromatic N) is 1. The minimum atomic E-state index is 0.255. The van der Waals surface area contributed by atoms with E-state index in [1.54, 1.807) is 6.26 Å². The van der Waals surface area contributed by atoms with Gasteiger partial charge in [-0.2, -0.15) is 5.10 Å². The molecule has 0 aliphatic carbocycles. The summed E-state index contributed by atoms with van der Waals surface area (Å²) in [5, 5.41) is 4.08. The third-order valence-corrected chi connectivity index (χ3v) is 1.80. The summed E-state index contributed by atoms with van der Waals surface area (Å²) in [6.45, 7) is 2.01. The average Bonchev–Trinajstić information content (AvgIpc) is 2.55. The highest BCUT2D eigenvalue weighted by atomic mass is 16.3. The van der Waals surface area contributed by atoms with Gasteiger partial charge in [0.15, 0.2) is 0 Å². The van der Waals surface area contributed by atoms with Crippen LogP contribution in [0.5, 0.6) is 0 Å². The van der Waals surface area contributed by atoms with Crippen molar-refractivity contribution < 1.29 is 4.42 Å². The van der Waals surface area contributed by atoms with E-state index in [1.165, 1.54) is 0 Å². The molecule has 1 aromatic heterocycles. The maximum Gasteiger partial charge on any atom is 0.128 e. The van der Waals surface area contributed by atoms with Crippen LogP contribution in [0.15, 0.2) is 27.9 Å². The molecule has 1 aliphatic rings. The Hall–Kier alpha value is -1.25. The Balaban J connectivity index is 2.11. The summed E-state index contributed by atoms with van der Waals surface area (Å²) in [4.78, 5) is 0. The molecule has 1 aliphatic heterocycles. The molecule has 0 aromatic carbocycles. The third kappa shape index (κ3) is 1.13. The Labute approximate surface area is 65.1 Å². The van der Waals surface area contributed by atoms with E-state index in [1.807, 2.05) is 19.1 Å². The van der Waals surface area contributed by atoms with E-state index in [9.17, 15) is 0 Å². The topological polar surface area (TPSA) is 37.5 Å². The maximum atomic E-state index is 5.23. The van der Waals surface area contributed by atoms with Crippen molar-refractivity contribution in [1.82, 2.24) is 5.43 Å². The van der Waals surface area contributed by atoms with Gasteiger partial charge in [-0.05, 0) is 19.1 Å². The third-order valence-electron chi connectivity index (χ3n) is 1.80. The number of nitrogens with one attached hydrogen (secondary N) is 1. The van der Waals surface area contributed by atoms with Gasteiger partial charge in [-0.3, -0.25) is 5.43 Å². The highest BCUT2D eigenvalue weighted by molar-refractivity contribution is 5.83. The second-order valence-electron chi connectivity index (χ2n) is 2.75. The van der Waals surface area contributed by atoms with Crippen LogP contribution in [0.2, 0.25) is 0 Å². The van der Waals surface area contributed by atoms with Gasteiger partial charge in [-0.15, -0.1) is 0 Å². The summed E-state index contributed by atoms with van der Waals surface area (Å²) in [5.74, 6) is 0.964. The Morgan fingerprint density at radius 2 is 2.64 bits per heavy atom. The number of hydrazone groups is 1. The summed E-state index contributed by atoms with van der Waals surface area (Å²) in [6, 6.07) is 4.11. The van der Waals surface area contributed by atoms with Crippen molar-refractivity contribution in [3.05, 3.63) is 24.2 Å². The van der Waals surface area contributed by atoms with Crippen LogP contribution in [0.3, 0.4) is 0 Å². The summed E-state index contributed by atoms with van der Waals surface area (Å²) in [7, 11) is 0. The second kappa shape index (κ2) is 2.42. The highest BCUT2D eigenvalue weighted by Gasteiger charge is 2.18. The van der Waals surface area contributed by atoms with Crippen LogP contribution in [0.1, 0.15) is 25.1 Å².